The Hall–Kier alpha value is -0.820. The molecule has 1 unspecified atom stereocenters. The Bertz CT molecular complexity index is 404. The first kappa shape index (κ1) is 10.3. The van der Waals surface area contributed by atoms with Crippen molar-refractivity contribution < 1.29 is 0 Å². The molecule has 0 amide bonds. The Labute approximate surface area is 98.3 Å². The molecule has 1 aromatic carbocycles. The molecular formula is C15H21N. The number of hydrogen-bond acceptors (Lipinski definition) is 1. The highest BCUT2D eigenvalue weighted by molar-refractivity contribution is 5.37. The van der Waals surface area contributed by atoms with Gasteiger partial charge in [-0.1, -0.05) is 30.7 Å². The Morgan fingerprint density at radius 2 is 2.19 bits per heavy atom. The van der Waals surface area contributed by atoms with Crippen molar-refractivity contribution in [1.82, 2.24) is 5.32 Å². The number of fused-ring (bicyclic) bond motifs is 1. The van der Waals surface area contributed by atoms with Gasteiger partial charge in [0.25, 0.3) is 0 Å². The van der Waals surface area contributed by atoms with Gasteiger partial charge in [0.1, 0.15) is 0 Å². The van der Waals surface area contributed by atoms with Gasteiger partial charge in [-0.25, -0.2) is 0 Å². The van der Waals surface area contributed by atoms with Crippen molar-refractivity contribution in [2.45, 2.75) is 45.6 Å². The minimum Gasteiger partial charge on any atom is -0.309 e. The Kier molecular flexibility index (Phi) is 2.32. The van der Waals surface area contributed by atoms with Crippen LogP contribution in [0, 0.1) is 12.3 Å². The van der Waals surface area contributed by atoms with Gasteiger partial charge < -0.3 is 5.32 Å². The van der Waals surface area contributed by atoms with E-state index in [1.807, 2.05) is 0 Å². The standard InChI is InChI=1S/C15H21N/c1-11-3-4-12-5-6-14(13(12)9-11)16-10-15(2)7-8-15/h3-4,9,14,16H,5-8,10H2,1-2H3. The normalized spacial score (nSPS) is 25.5. The lowest BCUT2D eigenvalue weighted by Gasteiger charge is -2.17. The summed E-state index contributed by atoms with van der Waals surface area (Å²) in [6, 6.07) is 7.54. The molecule has 1 heteroatoms. The summed E-state index contributed by atoms with van der Waals surface area (Å²) >= 11 is 0. The number of hydrogen-bond donors (Lipinski definition) is 1. The van der Waals surface area contributed by atoms with Gasteiger partial charge >= 0.3 is 0 Å². The van der Waals surface area contributed by atoms with Gasteiger partial charge in [0.05, 0.1) is 0 Å². The number of nitrogens with one attached hydrogen (secondary N) is 1. The smallest absolute Gasteiger partial charge is 0.0326 e. The van der Waals surface area contributed by atoms with E-state index in [4.69, 9.17) is 0 Å². The van der Waals surface area contributed by atoms with Crippen LogP contribution in [0.15, 0.2) is 18.2 Å². The Balaban J connectivity index is 1.72. The summed E-state index contributed by atoms with van der Waals surface area (Å²) in [6.45, 7) is 5.79. The van der Waals surface area contributed by atoms with Crippen LogP contribution in [0.3, 0.4) is 0 Å². The van der Waals surface area contributed by atoms with E-state index in [0.717, 1.165) is 0 Å². The number of aryl methyl sites for hydroxylation is 2. The second-order valence-electron chi connectivity index (χ2n) is 5.99. The quantitative estimate of drug-likeness (QED) is 0.815. The lowest BCUT2D eigenvalue weighted by atomic mass is 10.0. The van der Waals surface area contributed by atoms with Gasteiger partial charge in [-0.3, -0.25) is 0 Å². The summed E-state index contributed by atoms with van der Waals surface area (Å²) in [5, 5.41) is 3.77. The molecule has 1 aromatic rings. The second kappa shape index (κ2) is 3.59. The van der Waals surface area contributed by atoms with E-state index < -0.39 is 0 Å². The molecule has 1 fully saturated rings. The molecule has 1 saturated carbocycles. The van der Waals surface area contributed by atoms with E-state index in [-0.39, 0.29) is 0 Å². The van der Waals surface area contributed by atoms with Crippen LogP contribution >= 0.6 is 0 Å². The number of rotatable bonds is 3. The first-order valence-electron chi connectivity index (χ1n) is 6.49. The maximum atomic E-state index is 3.77. The molecule has 2 aliphatic rings. The highest BCUT2D eigenvalue weighted by Gasteiger charge is 2.37. The van der Waals surface area contributed by atoms with Crippen molar-refractivity contribution in [1.29, 1.82) is 0 Å². The van der Waals surface area contributed by atoms with E-state index in [2.05, 4.69) is 37.4 Å². The van der Waals surface area contributed by atoms with Crippen LogP contribution in [0.4, 0.5) is 0 Å². The largest absolute Gasteiger partial charge is 0.309 e. The molecule has 0 heterocycles. The molecule has 0 radical (unpaired) electrons. The lowest BCUT2D eigenvalue weighted by Crippen LogP contribution is -2.25. The molecule has 16 heavy (non-hydrogen) atoms. The predicted molar refractivity (Wildman–Crippen MR) is 67.6 cm³/mol. The molecule has 0 aromatic heterocycles. The molecule has 0 bridgehead atoms. The summed E-state index contributed by atoms with van der Waals surface area (Å²) in [6.07, 6.45) is 5.36. The maximum absolute atomic E-state index is 3.77. The average Bonchev–Trinajstić information content (AvgIpc) is 2.87. The van der Waals surface area contributed by atoms with E-state index in [0.29, 0.717) is 11.5 Å². The van der Waals surface area contributed by atoms with Crippen molar-refractivity contribution in [3.05, 3.63) is 34.9 Å². The fraction of sp³-hybridized carbons (Fsp3) is 0.600. The van der Waals surface area contributed by atoms with Gasteiger partial charge in [0.15, 0.2) is 0 Å². The van der Waals surface area contributed by atoms with Gasteiger partial charge in [0.2, 0.25) is 0 Å². The maximum Gasteiger partial charge on any atom is 0.0326 e. The fourth-order valence-corrected chi connectivity index (χ4v) is 2.69. The highest BCUT2D eigenvalue weighted by atomic mass is 14.9. The van der Waals surface area contributed by atoms with Crippen LogP contribution in [0.5, 0.6) is 0 Å². The van der Waals surface area contributed by atoms with Crippen molar-refractivity contribution in [2.24, 2.45) is 5.41 Å². The van der Waals surface area contributed by atoms with E-state index in [1.165, 1.54) is 37.8 Å². The van der Waals surface area contributed by atoms with E-state index in [1.54, 1.807) is 11.1 Å². The SMILES string of the molecule is Cc1ccc2c(c1)C(NCC1(C)CC1)CC2. The van der Waals surface area contributed by atoms with Crippen molar-refractivity contribution in [3.8, 4) is 0 Å². The summed E-state index contributed by atoms with van der Waals surface area (Å²) in [5.74, 6) is 0. The molecule has 1 nitrogen and oxygen atoms in total. The second-order valence-corrected chi connectivity index (χ2v) is 5.99. The predicted octanol–water partition coefficient (Wildman–Crippen LogP) is 3.37. The Morgan fingerprint density at radius 3 is 2.94 bits per heavy atom. The molecule has 3 rings (SSSR count). The summed E-state index contributed by atoms with van der Waals surface area (Å²) in [5.41, 5.74) is 5.13. The summed E-state index contributed by atoms with van der Waals surface area (Å²) < 4.78 is 0. The molecule has 0 aliphatic heterocycles. The topological polar surface area (TPSA) is 12.0 Å². The minimum absolute atomic E-state index is 0.618. The van der Waals surface area contributed by atoms with Crippen LogP contribution in [-0.4, -0.2) is 6.54 Å². The minimum atomic E-state index is 0.618. The molecule has 2 aliphatic carbocycles. The molecule has 86 valence electrons. The zero-order valence-electron chi connectivity index (χ0n) is 10.3. The zero-order valence-corrected chi connectivity index (χ0v) is 10.3. The average molecular weight is 215 g/mol. The van der Waals surface area contributed by atoms with E-state index in [9.17, 15) is 0 Å². The Morgan fingerprint density at radius 1 is 1.38 bits per heavy atom. The van der Waals surface area contributed by atoms with Crippen molar-refractivity contribution in [3.63, 3.8) is 0 Å². The van der Waals surface area contributed by atoms with Gasteiger partial charge in [-0.05, 0) is 49.1 Å². The third kappa shape index (κ3) is 1.89. The molecule has 1 atom stereocenters. The van der Waals surface area contributed by atoms with Crippen LogP contribution in [-0.2, 0) is 6.42 Å². The van der Waals surface area contributed by atoms with Crippen LogP contribution in [0.25, 0.3) is 0 Å². The highest BCUT2D eigenvalue weighted by Crippen LogP contribution is 2.45. The van der Waals surface area contributed by atoms with Gasteiger partial charge in [-0.2, -0.15) is 0 Å². The fourth-order valence-electron chi connectivity index (χ4n) is 2.69. The summed E-state index contributed by atoms with van der Waals surface area (Å²) in [4.78, 5) is 0. The molecule has 0 saturated heterocycles. The van der Waals surface area contributed by atoms with Crippen molar-refractivity contribution >= 4 is 0 Å². The summed E-state index contributed by atoms with van der Waals surface area (Å²) in [7, 11) is 0. The first-order valence-corrected chi connectivity index (χ1v) is 6.49. The van der Waals surface area contributed by atoms with Gasteiger partial charge in [0, 0.05) is 12.6 Å². The van der Waals surface area contributed by atoms with Gasteiger partial charge in [-0.15, -0.1) is 0 Å². The molecular weight excluding hydrogens is 194 g/mol. The third-order valence-electron chi connectivity index (χ3n) is 4.26. The third-order valence-corrected chi connectivity index (χ3v) is 4.26. The monoisotopic (exact) mass is 215 g/mol. The number of benzene rings is 1. The molecule has 1 N–H and O–H groups in total. The van der Waals surface area contributed by atoms with Crippen LogP contribution in [0.2, 0.25) is 0 Å². The van der Waals surface area contributed by atoms with Crippen molar-refractivity contribution in [2.75, 3.05) is 6.54 Å². The van der Waals surface area contributed by atoms with Crippen LogP contribution < -0.4 is 5.32 Å². The lowest BCUT2D eigenvalue weighted by molar-refractivity contribution is 0.439. The zero-order chi connectivity index (χ0) is 11.2. The van der Waals surface area contributed by atoms with Crippen LogP contribution in [0.1, 0.15) is 48.9 Å². The molecule has 0 spiro atoms. The van der Waals surface area contributed by atoms with E-state index >= 15 is 0 Å². The first-order chi connectivity index (χ1) is 7.66.